The molecule has 0 aliphatic carbocycles. The lowest BCUT2D eigenvalue weighted by molar-refractivity contribution is 0.882. The number of aromatic nitrogens is 5. The molecule has 0 aliphatic heterocycles. The van der Waals surface area contributed by atoms with Gasteiger partial charge in [0.2, 0.25) is 0 Å². The maximum atomic E-state index is 4.26. The van der Waals surface area contributed by atoms with Crippen LogP contribution in [-0.2, 0) is 0 Å². The Bertz CT molecular complexity index is 885. The molecule has 0 unspecified atom stereocenters. The predicted octanol–water partition coefficient (Wildman–Crippen LogP) is 2.88. The summed E-state index contributed by atoms with van der Waals surface area (Å²) in [6, 6.07) is 14.3. The van der Waals surface area contributed by atoms with E-state index in [1.807, 2.05) is 23.0 Å². The zero-order chi connectivity index (χ0) is 14.1. The van der Waals surface area contributed by atoms with Crippen molar-refractivity contribution in [2.24, 2.45) is 0 Å². The largest absolute Gasteiger partial charge is 0.241 e. The minimum Gasteiger partial charge on any atom is -0.241 e. The number of nitrogens with zero attached hydrogens (tertiary/aromatic N) is 5. The normalized spacial score (nSPS) is 10.9. The Morgan fingerprint density at radius 3 is 2.52 bits per heavy atom. The first kappa shape index (κ1) is 11.7. The Morgan fingerprint density at radius 2 is 1.71 bits per heavy atom. The molecule has 100 valence electrons. The second-order valence-electron chi connectivity index (χ2n) is 4.66. The molecule has 0 spiro atoms. The third-order valence-corrected chi connectivity index (χ3v) is 3.34. The van der Waals surface area contributed by atoms with Crippen LogP contribution in [0.1, 0.15) is 0 Å². The molecular weight excluding hydrogens is 262 g/mol. The molecule has 0 saturated carbocycles. The van der Waals surface area contributed by atoms with Crippen LogP contribution in [0.2, 0.25) is 0 Å². The van der Waals surface area contributed by atoms with Crippen molar-refractivity contribution in [1.29, 1.82) is 0 Å². The first-order chi connectivity index (χ1) is 10.4. The van der Waals surface area contributed by atoms with Crippen molar-refractivity contribution in [3.63, 3.8) is 0 Å². The van der Waals surface area contributed by atoms with E-state index in [-0.39, 0.29) is 0 Å². The van der Waals surface area contributed by atoms with Crippen LogP contribution in [0.25, 0.3) is 27.8 Å². The summed E-state index contributed by atoms with van der Waals surface area (Å²) in [4.78, 5) is 12.2. The van der Waals surface area contributed by atoms with E-state index in [0.717, 1.165) is 16.6 Å². The molecule has 0 amide bonds. The van der Waals surface area contributed by atoms with E-state index in [4.69, 9.17) is 0 Å². The average molecular weight is 273 g/mol. The zero-order valence-electron chi connectivity index (χ0n) is 11.1. The van der Waals surface area contributed by atoms with E-state index in [9.17, 15) is 0 Å². The monoisotopic (exact) mass is 273 g/mol. The van der Waals surface area contributed by atoms with Gasteiger partial charge in [0.15, 0.2) is 5.82 Å². The Kier molecular flexibility index (Phi) is 2.67. The molecule has 5 nitrogen and oxygen atoms in total. The van der Waals surface area contributed by atoms with Gasteiger partial charge in [-0.3, -0.25) is 0 Å². The summed E-state index contributed by atoms with van der Waals surface area (Å²) in [7, 11) is 0. The molecule has 4 rings (SSSR count). The number of hydrogen-bond acceptors (Lipinski definition) is 4. The van der Waals surface area contributed by atoms with Crippen LogP contribution in [0.3, 0.4) is 0 Å². The van der Waals surface area contributed by atoms with Crippen molar-refractivity contribution < 1.29 is 0 Å². The standard InChI is InChI=1S/C16H11N5/c1-6-20-21(7-1)15-5-4-12-2-3-13(8-14(12)9-15)16-18-10-17-11-19-16/h1-11H. The Labute approximate surface area is 120 Å². The van der Waals surface area contributed by atoms with Crippen molar-refractivity contribution in [3.05, 3.63) is 67.5 Å². The first-order valence-corrected chi connectivity index (χ1v) is 6.56. The van der Waals surface area contributed by atoms with Crippen molar-refractivity contribution in [2.75, 3.05) is 0 Å². The summed E-state index contributed by atoms with van der Waals surface area (Å²) in [5.41, 5.74) is 2.00. The highest BCUT2D eigenvalue weighted by Crippen LogP contribution is 2.23. The molecule has 0 atom stereocenters. The Hall–Kier alpha value is -3.08. The lowest BCUT2D eigenvalue weighted by Crippen LogP contribution is -1.94. The Morgan fingerprint density at radius 1 is 0.857 bits per heavy atom. The van der Waals surface area contributed by atoms with Crippen LogP contribution in [0, 0.1) is 0 Å². The first-order valence-electron chi connectivity index (χ1n) is 6.56. The van der Waals surface area contributed by atoms with Gasteiger partial charge in [-0.05, 0) is 35.0 Å². The zero-order valence-corrected chi connectivity index (χ0v) is 11.1. The molecule has 0 aliphatic rings. The van der Waals surface area contributed by atoms with Crippen LogP contribution < -0.4 is 0 Å². The topological polar surface area (TPSA) is 56.5 Å². The van der Waals surface area contributed by atoms with Gasteiger partial charge in [-0.1, -0.05) is 18.2 Å². The van der Waals surface area contributed by atoms with Gasteiger partial charge < -0.3 is 0 Å². The molecular formula is C16H11N5. The van der Waals surface area contributed by atoms with Gasteiger partial charge in [0, 0.05) is 18.0 Å². The SMILES string of the molecule is c1cnn(-c2ccc3ccc(-c4ncncn4)cc3c2)c1. The van der Waals surface area contributed by atoms with Crippen LogP contribution in [0.5, 0.6) is 0 Å². The van der Waals surface area contributed by atoms with Gasteiger partial charge in [-0.15, -0.1) is 0 Å². The highest BCUT2D eigenvalue weighted by atomic mass is 15.3. The number of benzene rings is 2. The van der Waals surface area contributed by atoms with E-state index < -0.39 is 0 Å². The molecule has 0 radical (unpaired) electrons. The van der Waals surface area contributed by atoms with Gasteiger partial charge in [0.05, 0.1) is 5.69 Å². The van der Waals surface area contributed by atoms with Crippen LogP contribution in [0.15, 0.2) is 67.5 Å². The number of fused-ring (bicyclic) bond motifs is 1. The molecule has 21 heavy (non-hydrogen) atoms. The molecule has 2 aromatic heterocycles. The average Bonchev–Trinajstić information content (AvgIpc) is 3.09. The number of rotatable bonds is 2. The number of hydrogen-bond donors (Lipinski definition) is 0. The van der Waals surface area contributed by atoms with E-state index in [2.05, 4.69) is 50.4 Å². The van der Waals surface area contributed by atoms with E-state index in [0.29, 0.717) is 5.82 Å². The van der Waals surface area contributed by atoms with Gasteiger partial charge in [0.25, 0.3) is 0 Å². The van der Waals surface area contributed by atoms with Crippen LogP contribution in [-0.4, -0.2) is 24.7 Å². The molecule has 4 aromatic rings. The summed E-state index contributed by atoms with van der Waals surface area (Å²) in [6.07, 6.45) is 6.71. The molecule has 0 fully saturated rings. The van der Waals surface area contributed by atoms with E-state index in [1.54, 1.807) is 6.20 Å². The highest BCUT2D eigenvalue weighted by molar-refractivity contribution is 5.88. The molecule has 2 aromatic carbocycles. The van der Waals surface area contributed by atoms with E-state index in [1.165, 1.54) is 18.0 Å². The summed E-state index contributed by atoms with van der Waals surface area (Å²) in [5.74, 6) is 0.677. The summed E-state index contributed by atoms with van der Waals surface area (Å²) in [5, 5.41) is 6.55. The second-order valence-corrected chi connectivity index (χ2v) is 4.66. The fraction of sp³-hybridized carbons (Fsp3) is 0. The predicted molar refractivity (Wildman–Crippen MR) is 79.9 cm³/mol. The van der Waals surface area contributed by atoms with Crippen molar-refractivity contribution in [2.45, 2.75) is 0 Å². The van der Waals surface area contributed by atoms with Crippen LogP contribution >= 0.6 is 0 Å². The maximum absolute atomic E-state index is 4.26. The summed E-state index contributed by atoms with van der Waals surface area (Å²) >= 11 is 0. The summed E-state index contributed by atoms with van der Waals surface area (Å²) in [6.45, 7) is 0. The lowest BCUT2D eigenvalue weighted by Gasteiger charge is -2.06. The fourth-order valence-corrected chi connectivity index (χ4v) is 2.33. The minimum atomic E-state index is 0.677. The third kappa shape index (κ3) is 2.14. The second kappa shape index (κ2) is 4.79. The van der Waals surface area contributed by atoms with Crippen molar-refractivity contribution in [3.8, 4) is 17.1 Å². The quantitative estimate of drug-likeness (QED) is 0.563. The smallest absolute Gasteiger partial charge is 0.162 e. The molecule has 0 bridgehead atoms. The lowest BCUT2D eigenvalue weighted by atomic mass is 10.1. The van der Waals surface area contributed by atoms with Crippen molar-refractivity contribution in [1.82, 2.24) is 24.7 Å². The highest BCUT2D eigenvalue weighted by Gasteiger charge is 2.04. The maximum Gasteiger partial charge on any atom is 0.162 e. The molecule has 5 heteroatoms. The third-order valence-electron chi connectivity index (χ3n) is 3.34. The van der Waals surface area contributed by atoms with Gasteiger partial charge in [-0.2, -0.15) is 5.10 Å². The van der Waals surface area contributed by atoms with Crippen LogP contribution in [0.4, 0.5) is 0 Å². The molecule has 2 heterocycles. The van der Waals surface area contributed by atoms with Gasteiger partial charge in [-0.25, -0.2) is 19.6 Å². The van der Waals surface area contributed by atoms with Gasteiger partial charge >= 0.3 is 0 Å². The van der Waals surface area contributed by atoms with Gasteiger partial charge in [0.1, 0.15) is 12.7 Å². The van der Waals surface area contributed by atoms with Crippen molar-refractivity contribution >= 4 is 10.8 Å². The summed E-state index contributed by atoms with van der Waals surface area (Å²) < 4.78 is 1.84. The molecule has 0 saturated heterocycles. The minimum absolute atomic E-state index is 0.677. The van der Waals surface area contributed by atoms with E-state index >= 15 is 0 Å². The fourth-order valence-electron chi connectivity index (χ4n) is 2.33. The Balaban J connectivity index is 1.86. The molecule has 0 N–H and O–H groups in total.